The molecule has 0 saturated heterocycles. The van der Waals surface area contributed by atoms with Crippen LogP contribution in [0.15, 0.2) is 0 Å². The molecule has 0 aliphatic rings. The minimum absolute atomic E-state index is 0.425. The summed E-state index contributed by atoms with van der Waals surface area (Å²) in [6.45, 7) is 1.72. The van der Waals surface area contributed by atoms with Gasteiger partial charge in [0.2, 0.25) is 0 Å². The van der Waals surface area contributed by atoms with E-state index in [9.17, 15) is 4.20 Å². The first kappa shape index (κ1) is 7.17. The summed E-state index contributed by atoms with van der Waals surface area (Å²) in [6.07, 6.45) is 0.425. The zero-order valence-corrected chi connectivity index (χ0v) is 6.68. The molecule has 0 aromatic heterocycles. The summed E-state index contributed by atoms with van der Waals surface area (Å²) in [5.41, 5.74) is 0. The van der Waals surface area contributed by atoms with Gasteiger partial charge in [-0.25, -0.2) is 0 Å². The standard InChI is InChI=1S/C2H5ClFPSe/c1-2-5(3,4)6/h2H2,1H3. The second-order valence-electron chi connectivity index (χ2n) is 0.886. The van der Waals surface area contributed by atoms with E-state index in [2.05, 4.69) is 15.1 Å². The van der Waals surface area contributed by atoms with E-state index >= 15 is 0 Å². The summed E-state index contributed by atoms with van der Waals surface area (Å²) in [4.78, 5) is 0. The van der Waals surface area contributed by atoms with Crippen LogP contribution in [-0.4, -0.2) is 21.3 Å². The van der Waals surface area contributed by atoms with Crippen LogP contribution < -0.4 is 0 Å². The molecule has 0 amide bonds. The SMILES string of the molecule is CCP(F)(Cl)=[Se]. The van der Waals surface area contributed by atoms with Gasteiger partial charge in [-0.15, -0.1) is 0 Å². The van der Waals surface area contributed by atoms with Gasteiger partial charge in [0, 0.05) is 0 Å². The van der Waals surface area contributed by atoms with E-state index in [0.29, 0.717) is 6.16 Å². The molecule has 0 radical (unpaired) electrons. The molecule has 0 N–H and O–H groups in total. The molecule has 0 saturated carbocycles. The monoisotopic (exact) mass is 194 g/mol. The van der Waals surface area contributed by atoms with Crippen molar-refractivity contribution in [1.29, 1.82) is 0 Å². The molecule has 0 fully saturated rings. The van der Waals surface area contributed by atoms with Crippen molar-refractivity contribution in [1.82, 2.24) is 0 Å². The molecule has 0 aromatic rings. The van der Waals surface area contributed by atoms with Crippen LogP contribution in [0.4, 0.5) is 4.20 Å². The first-order valence-electron chi connectivity index (χ1n) is 1.54. The van der Waals surface area contributed by atoms with Crippen molar-refractivity contribution in [2.45, 2.75) is 6.92 Å². The Balaban J connectivity index is 3.48. The average Bonchev–Trinajstić information content (AvgIpc) is 1.35. The third kappa shape index (κ3) is 5.17. The van der Waals surface area contributed by atoms with Gasteiger partial charge < -0.3 is 0 Å². The van der Waals surface area contributed by atoms with Crippen LogP contribution in [0.25, 0.3) is 0 Å². The Morgan fingerprint density at radius 1 is 2.00 bits per heavy atom. The van der Waals surface area contributed by atoms with Gasteiger partial charge >= 0.3 is 48.8 Å². The summed E-state index contributed by atoms with van der Waals surface area (Å²) in [5.74, 6) is 0. The van der Waals surface area contributed by atoms with Crippen LogP contribution >= 0.6 is 16.4 Å². The van der Waals surface area contributed by atoms with Gasteiger partial charge in [-0.05, 0) is 0 Å². The summed E-state index contributed by atoms with van der Waals surface area (Å²) in [6, 6.07) is 0. The van der Waals surface area contributed by atoms with Gasteiger partial charge in [-0.3, -0.25) is 0 Å². The Kier molecular flexibility index (Phi) is 2.95. The fourth-order valence-corrected chi connectivity index (χ4v) is 0. The zero-order valence-electron chi connectivity index (χ0n) is 3.32. The van der Waals surface area contributed by atoms with E-state index in [1.165, 1.54) is 0 Å². The Morgan fingerprint density at radius 3 is 2.17 bits per heavy atom. The van der Waals surface area contributed by atoms with Crippen molar-refractivity contribution >= 4 is 31.5 Å². The fraction of sp³-hybridized carbons (Fsp3) is 1.00. The first-order valence-corrected chi connectivity index (χ1v) is 6.53. The molecule has 38 valence electrons. The predicted octanol–water partition coefficient (Wildman–Crippen LogP) is 2.15. The van der Waals surface area contributed by atoms with E-state index in [0.717, 1.165) is 0 Å². The van der Waals surface area contributed by atoms with Crippen LogP contribution in [0, 0.1) is 0 Å². The van der Waals surface area contributed by atoms with E-state index in [-0.39, 0.29) is 0 Å². The van der Waals surface area contributed by atoms with Crippen LogP contribution in [0.1, 0.15) is 6.92 Å². The fourth-order valence-electron chi connectivity index (χ4n) is 0. The first-order chi connectivity index (χ1) is 2.56. The van der Waals surface area contributed by atoms with Crippen LogP contribution in [0.5, 0.6) is 0 Å². The molecule has 4 heteroatoms. The third-order valence-electron chi connectivity index (χ3n) is 0.368. The Bertz CT molecular complexity index is 77.6. The van der Waals surface area contributed by atoms with Crippen molar-refractivity contribution in [3.63, 3.8) is 0 Å². The molecule has 0 spiro atoms. The van der Waals surface area contributed by atoms with Crippen LogP contribution in [0.2, 0.25) is 0 Å². The quantitative estimate of drug-likeness (QED) is 0.442. The van der Waals surface area contributed by atoms with Crippen molar-refractivity contribution in [2.75, 3.05) is 6.16 Å². The van der Waals surface area contributed by atoms with Gasteiger partial charge in [0.25, 0.3) is 0 Å². The summed E-state index contributed by atoms with van der Waals surface area (Å²) in [5, 5.41) is -2.55. The number of hydrogen-bond acceptors (Lipinski definition) is 0. The molecule has 0 bridgehead atoms. The molecule has 1 atom stereocenters. The Labute approximate surface area is 49.2 Å². The van der Waals surface area contributed by atoms with E-state index in [4.69, 9.17) is 11.2 Å². The van der Waals surface area contributed by atoms with E-state index in [1.807, 2.05) is 0 Å². The minimum atomic E-state index is -2.55. The normalized spacial score (nSPS) is 19.8. The van der Waals surface area contributed by atoms with Gasteiger partial charge in [-0.2, -0.15) is 0 Å². The molecule has 0 aromatic carbocycles. The second kappa shape index (κ2) is 2.47. The van der Waals surface area contributed by atoms with Crippen molar-refractivity contribution < 1.29 is 4.20 Å². The second-order valence-corrected chi connectivity index (χ2v) is 9.27. The molecular formula is C2H5ClFPSe. The van der Waals surface area contributed by atoms with Crippen LogP contribution in [-0.2, 0) is 0 Å². The summed E-state index contributed by atoms with van der Waals surface area (Å²) in [7, 11) is 0. The van der Waals surface area contributed by atoms with Crippen molar-refractivity contribution in [2.24, 2.45) is 0 Å². The number of halogens is 2. The Morgan fingerprint density at radius 2 is 2.17 bits per heavy atom. The molecule has 1 unspecified atom stereocenters. The maximum atomic E-state index is 11.9. The third-order valence-corrected chi connectivity index (χ3v) is 3.45. The van der Waals surface area contributed by atoms with Crippen molar-refractivity contribution in [3.8, 4) is 0 Å². The number of hydrogen-bond donors (Lipinski definition) is 0. The molecule has 0 heterocycles. The number of rotatable bonds is 1. The maximum absolute atomic E-state index is 11.9. The Hall–Kier alpha value is 1.17. The van der Waals surface area contributed by atoms with Crippen LogP contribution in [0.3, 0.4) is 0 Å². The van der Waals surface area contributed by atoms with Gasteiger partial charge in [0.1, 0.15) is 0 Å². The van der Waals surface area contributed by atoms with Crippen molar-refractivity contribution in [3.05, 3.63) is 0 Å². The van der Waals surface area contributed by atoms with Gasteiger partial charge in [0.15, 0.2) is 0 Å². The van der Waals surface area contributed by atoms with E-state index in [1.54, 1.807) is 6.92 Å². The average molecular weight is 193 g/mol. The van der Waals surface area contributed by atoms with Gasteiger partial charge in [0.05, 0.1) is 0 Å². The predicted molar refractivity (Wildman–Crippen MR) is 30.2 cm³/mol. The molecule has 0 nitrogen and oxygen atoms in total. The summed E-state index contributed by atoms with van der Waals surface area (Å²) < 4.78 is 11.9. The topological polar surface area (TPSA) is 0 Å². The molecule has 0 rings (SSSR count). The zero-order chi connectivity index (χ0) is 5.21. The van der Waals surface area contributed by atoms with E-state index < -0.39 is 5.17 Å². The molecule has 0 aliphatic carbocycles. The molecule has 6 heavy (non-hydrogen) atoms. The molecule has 0 aliphatic heterocycles. The molecular weight excluding hydrogens is 188 g/mol. The summed E-state index contributed by atoms with van der Waals surface area (Å²) >= 11 is 7.38. The van der Waals surface area contributed by atoms with Gasteiger partial charge in [-0.1, -0.05) is 0 Å².